The molecular formula is C12H15N3O3S. The van der Waals surface area contributed by atoms with Crippen LogP contribution in [0.1, 0.15) is 42.2 Å². The van der Waals surface area contributed by atoms with Crippen molar-refractivity contribution in [3.63, 3.8) is 0 Å². The smallest absolute Gasteiger partial charge is 0.312 e. The standard InChI is InChI=1S/C12H15N3O3S/c1-7(2)12-14-10(18-15-12)5-17-11(16)4-9-6-19-8(3)13-9/h6-7H,4-5H2,1-3H3. The van der Waals surface area contributed by atoms with E-state index < -0.39 is 0 Å². The van der Waals surface area contributed by atoms with Crippen molar-refractivity contribution in [2.45, 2.75) is 39.7 Å². The van der Waals surface area contributed by atoms with Crippen molar-refractivity contribution in [1.82, 2.24) is 15.1 Å². The maximum absolute atomic E-state index is 11.6. The lowest BCUT2D eigenvalue weighted by molar-refractivity contribution is -0.144. The van der Waals surface area contributed by atoms with Crippen LogP contribution in [0.3, 0.4) is 0 Å². The van der Waals surface area contributed by atoms with Gasteiger partial charge in [0.2, 0.25) is 0 Å². The lowest BCUT2D eigenvalue weighted by Gasteiger charge is -1.99. The molecule has 0 saturated heterocycles. The third-order valence-corrected chi connectivity index (χ3v) is 3.17. The fraction of sp³-hybridized carbons (Fsp3) is 0.500. The second-order valence-electron chi connectivity index (χ2n) is 4.40. The van der Waals surface area contributed by atoms with Crippen LogP contribution >= 0.6 is 11.3 Å². The van der Waals surface area contributed by atoms with Crippen LogP contribution in [0.5, 0.6) is 0 Å². The van der Waals surface area contributed by atoms with Crippen molar-refractivity contribution < 1.29 is 14.1 Å². The van der Waals surface area contributed by atoms with E-state index in [1.807, 2.05) is 26.2 Å². The zero-order chi connectivity index (χ0) is 13.8. The SMILES string of the molecule is Cc1nc(CC(=O)OCc2nc(C(C)C)no2)cs1. The van der Waals surface area contributed by atoms with E-state index in [0.717, 1.165) is 10.7 Å². The Labute approximate surface area is 114 Å². The van der Waals surface area contributed by atoms with E-state index in [2.05, 4.69) is 15.1 Å². The molecule has 2 heterocycles. The second-order valence-corrected chi connectivity index (χ2v) is 5.46. The molecule has 2 rings (SSSR count). The van der Waals surface area contributed by atoms with Crippen LogP contribution in [-0.2, 0) is 22.6 Å². The second kappa shape index (κ2) is 5.92. The van der Waals surface area contributed by atoms with Crippen molar-refractivity contribution in [2.24, 2.45) is 0 Å². The fourth-order valence-electron chi connectivity index (χ4n) is 1.39. The van der Waals surface area contributed by atoms with E-state index in [9.17, 15) is 4.79 Å². The van der Waals surface area contributed by atoms with E-state index in [1.54, 1.807) is 0 Å². The van der Waals surface area contributed by atoms with Gasteiger partial charge < -0.3 is 9.26 Å². The maximum atomic E-state index is 11.6. The van der Waals surface area contributed by atoms with Gasteiger partial charge in [0.05, 0.1) is 17.1 Å². The molecule has 0 radical (unpaired) electrons. The number of hydrogen-bond donors (Lipinski definition) is 0. The molecule has 0 fully saturated rings. The molecular weight excluding hydrogens is 266 g/mol. The third kappa shape index (κ3) is 3.85. The summed E-state index contributed by atoms with van der Waals surface area (Å²) in [5.74, 6) is 0.758. The first-order valence-corrected chi connectivity index (χ1v) is 6.81. The zero-order valence-electron chi connectivity index (χ0n) is 11.0. The van der Waals surface area contributed by atoms with Crippen LogP contribution < -0.4 is 0 Å². The molecule has 0 atom stereocenters. The summed E-state index contributed by atoms with van der Waals surface area (Å²) in [4.78, 5) is 19.9. The summed E-state index contributed by atoms with van der Waals surface area (Å²) < 4.78 is 10.0. The van der Waals surface area contributed by atoms with Crippen molar-refractivity contribution in [3.8, 4) is 0 Å². The van der Waals surface area contributed by atoms with E-state index in [-0.39, 0.29) is 24.9 Å². The van der Waals surface area contributed by atoms with Crippen molar-refractivity contribution >= 4 is 17.3 Å². The van der Waals surface area contributed by atoms with Crippen LogP contribution in [0.25, 0.3) is 0 Å². The third-order valence-electron chi connectivity index (χ3n) is 2.35. The predicted octanol–water partition coefficient (Wildman–Crippen LogP) is 2.24. The highest BCUT2D eigenvalue weighted by Gasteiger charge is 2.13. The molecule has 0 N–H and O–H groups in total. The number of nitrogens with zero attached hydrogens (tertiary/aromatic N) is 3. The first kappa shape index (κ1) is 13.7. The minimum atomic E-state index is -0.352. The van der Waals surface area contributed by atoms with Gasteiger partial charge in [0.15, 0.2) is 12.4 Å². The summed E-state index contributed by atoms with van der Waals surface area (Å²) in [7, 11) is 0. The molecule has 0 unspecified atom stereocenters. The van der Waals surface area contributed by atoms with Gasteiger partial charge in [-0.2, -0.15) is 4.98 Å². The van der Waals surface area contributed by atoms with Crippen LogP contribution in [0.2, 0.25) is 0 Å². The molecule has 0 amide bonds. The lowest BCUT2D eigenvalue weighted by Crippen LogP contribution is -2.08. The molecule has 0 saturated carbocycles. The fourth-order valence-corrected chi connectivity index (χ4v) is 2.00. The number of esters is 1. The Morgan fingerprint density at radius 3 is 2.84 bits per heavy atom. The number of aryl methyl sites for hydroxylation is 1. The van der Waals surface area contributed by atoms with Crippen LogP contribution in [0.4, 0.5) is 0 Å². The lowest BCUT2D eigenvalue weighted by atomic mass is 10.2. The first-order chi connectivity index (χ1) is 9.04. The van der Waals surface area contributed by atoms with E-state index in [1.165, 1.54) is 11.3 Å². The number of thiazole rings is 1. The Hall–Kier alpha value is -1.76. The molecule has 0 aromatic carbocycles. The van der Waals surface area contributed by atoms with Crippen molar-refractivity contribution in [3.05, 3.63) is 27.8 Å². The summed E-state index contributed by atoms with van der Waals surface area (Å²) in [6.07, 6.45) is 0.162. The molecule has 0 spiro atoms. The molecule has 19 heavy (non-hydrogen) atoms. The Kier molecular flexibility index (Phi) is 4.26. The minimum Gasteiger partial charge on any atom is -0.455 e. The molecule has 0 bridgehead atoms. The number of hydrogen-bond acceptors (Lipinski definition) is 7. The van der Waals surface area contributed by atoms with Gasteiger partial charge in [-0.15, -0.1) is 11.3 Å². The van der Waals surface area contributed by atoms with Gasteiger partial charge >= 0.3 is 5.97 Å². The highest BCUT2D eigenvalue weighted by Crippen LogP contribution is 2.11. The molecule has 2 aromatic rings. The topological polar surface area (TPSA) is 78.1 Å². The van der Waals surface area contributed by atoms with Gasteiger partial charge in [-0.25, -0.2) is 4.98 Å². The predicted molar refractivity (Wildman–Crippen MR) is 68.7 cm³/mol. The summed E-state index contributed by atoms with van der Waals surface area (Å²) in [5, 5.41) is 6.57. The number of aromatic nitrogens is 3. The molecule has 2 aromatic heterocycles. The van der Waals surface area contributed by atoms with Gasteiger partial charge in [-0.1, -0.05) is 19.0 Å². The average molecular weight is 281 g/mol. The van der Waals surface area contributed by atoms with Crippen LogP contribution in [0.15, 0.2) is 9.90 Å². The highest BCUT2D eigenvalue weighted by atomic mass is 32.1. The van der Waals surface area contributed by atoms with Gasteiger partial charge in [0, 0.05) is 11.3 Å². The van der Waals surface area contributed by atoms with E-state index in [0.29, 0.717) is 11.7 Å². The molecule has 0 aliphatic rings. The summed E-state index contributed by atoms with van der Waals surface area (Å²) in [6, 6.07) is 0. The Bertz CT molecular complexity index is 562. The Morgan fingerprint density at radius 1 is 1.47 bits per heavy atom. The number of ether oxygens (including phenoxy) is 1. The molecule has 7 heteroatoms. The maximum Gasteiger partial charge on any atom is 0.312 e. The average Bonchev–Trinajstić information content (AvgIpc) is 2.96. The molecule has 0 aliphatic heterocycles. The van der Waals surface area contributed by atoms with Crippen molar-refractivity contribution in [2.75, 3.05) is 0 Å². The number of carbonyl (C=O) groups is 1. The number of rotatable bonds is 5. The number of carbonyl (C=O) groups excluding carboxylic acids is 1. The minimum absolute atomic E-state index is 0.00166. The van der Waals surface area contributed by atoms with Gasteiger partial charge in [0.1, 0.15) is 0 Å². The van der Waals surface area contributed by atoms with E-state index in [4.69, 9.17) is 9.26 Å². The van der Waals surface area contributed by atoms with E-state index >= 15 is 0 Å². The zero-order valence-corrected chi connectivity index (χ0v) is 11.9. The van der Waals surface area contributed by atoms with Gasteiger partial charge in [-0.05, 0) is 6.92 Å². The summed E-state index contributed by atoms with van der Waals surface area (Å²) >= 11 is 1.51. The van der Waals surface area contributed by atoms with Crippen LogP contribution in [-0.4, -0.2) is 21.1 Å². The highest BCUT2D eigenvalue weighted by molar-refractivity contribution is 7.09. The molecule has 102 valence electrons. The Balaban J connectivity index is 1.82. The molecule has 0 aliphatic carbocycles. The normalized spacial score (nSPS) is 10.9. The Morgan fingerprint density at radius 2 is 2.26 bits per heavy atom. The molecule has 6 nitrogen and oxygen atoms in total. The summed E-state index contributed by atoms with van der Waals surface area (Å²) in [6.45, 7) is 5.82. The largest absolute Gasteiger partial charge is 0.455 e. The monoisotopic (exact) mass is 281 g/mol. The quantitative estimate of drug-likeness (QED) is 0.782. The van der Waals surface area contributed by atoms with Gasteiger partial charge in [0.25, 0.3) is 5.89 Å². The van der Waals surface area contributed by atoms with Crippen LogP contribution in [0, 0.1) is 6.92 Å². The first-order valence-electron chi connectivity index (χ1n) is 5.93. The summed E-state index contributed by atoms with van der Waals surface area (Å²) in [5.41, 5.74) is 0.723. The van der Waals surface area contributed by atoms with Gasteiger partial charge in [-0.3, -0.25) is 4.79 Å². The van der Waals surface area contributed by atoms with Crippen molar-refractivity contribution in [1.29, 1.82) is 0 Å².